The van der Waals surface area contributed by atoms with E-state index < -0.39 is 5.41 Å². The Hall–Kier alpha value is -2.13. The molecule has 1 heterocycles. The summed E-state index contributed by atoms with van der Waals surface area (Å²) in [5.41, 5.74) is 6.31. The minimum Gasteiger partial charge on any atom is -0.343 e. The van der Waals surface area contributed by atoms with Gasteiger partial charge in [-0.1, -0.05) is 53.6 Å². The molecular formula is C25H34N2O. The molecule has 0 aromatic heterocycles. The monoisotopic (exact) mass is 378 g/mol. The fourth-order valence-electron chi connectivity index (χ4n) is 4.30. The predicted molar refractivity (Wildman–Crippen MR) is 118 cm³/mol. The van der Waals surface area contributed by atoms with Gasteiger partial charge in [0, 0.05) is 13.1 Å². The Balaban J connectivity index is 1.94. The number of nitrogens with one attached hydrogen (secondary N) is 1. The van der Waals surface area contributed by atoms with Crippen LogP contribution >= 0.6 is 0 Å². The van der Waals surface area contributed by atoms with E-state index in [9.17, 15) is 4.79 Å². The molecule has 1 unspecified atom stereocenters. The van der Waals surface area contributed by atoms with Crippen LogP contribution < -0.4 is 5.32 Å². The quantitative estimate of drug-likeness (QED) is 0.791. The minimum absolute atomic E-state index is 0.232. The molecule has 2 aliphatic rings. The lowest BCUT2D eigenvalue weighted by Gasteiger charge is -2.33. The zero-order valence-electron chi connectivity index (χ0n) is 17.8. The summed E-state index contributed by atoms with van der Waals surface area (Å²) in [6.07, 6.45) is 9.55. The fourth-order valence-corrected chi connectivity index (χ4v) is 4.30. The lowest BCUT2D eigenvalue weighted by atomic mass is 9.77. The van der Waals surface area contributed by atoms with Crippen molar-refractivity contribution < 1.29 is 4.79 Å². The number of aryl methyl sites for hydroxylation is 1. The van der Waals surface area contributed by atoms with Crippen LogP contribution in [0.5, 0.6) is 0 Å². The van der Waals surface area contributed by atoms with E-state index in [0.29, 0.717) is 0 Å². The van der Waals surface area contributed by atoms with Crippen molar-refractivity contribution >= 4 is 11.5 Å². The van der Waals surface area contributed by atoms with Gasteiger partial charge in [0.15, 0.2) is 0 Å². The second-order valence-corrected chi connectivity index (χ2v) is 8.19. The normalized spacial score (nSPS) is 22.0. The summed E-state index contributed by atoms with van der Waals surface area (Å²) < 4.78 is 0. The second-order valence-electron chi connectivity index (χ2n) is 8.19. The van der Waals surface area contributed by atoms with Crippen LogP contribution in [0.3, 0.4) is 0 Å². The number of benzene rings is 1. The maximum absolute atomic E-state index is 13.0. The SMILES string of the molecule is CCN(CC)C(=O)C1(C)C=CC(C(=C2CCNCC2)c2cccc(C)c2)=CC1. The van der Waals surface area contributed by atoms with Gasteiger partial charge in [-0.05, 0) is 76.8 Å². The maximum Gasteiger partial charge on any atom is 0.232 e. The molecule has 3 rings (SSSR count). The lowest BCUT2D eigenvalue weighted by Crippen LogP contribution is -2.41. The molecule has 1 fully saturated rings. The van der Waals surface area contributed by atoms with Gasteiger partial charge in [-0.25, -0.2) is 0 Å². The Morgan fingerprint density at radius 2 is 1.89 bits per heavy atom. The molecular weight excluding hydrogens is 344 g/mol. The van der Waals surface area contributed by atoms with Gasteiger partial charge in [0.1, 0.15) is 0 Å². The van der Waals surface area contributed by atoms with E-state index >= 15 is 0 Å². The summed E-state index contributed by atoms with van der Waals surface area (Å²) in [6.45, 7) is 11.9. The molecule has 1 saturated heterocycles. The molecule has 1 atom stereocenters. The maximum atomic E-state index is 13.0. The van der Waals surface area contributed by atoms with Crippen molar-refractivity contribution in [1.29, 1.82) is 0 Å². The van der Waals surface area contributed by atoms with Crippen LogP contribution in [0, 0.1) is 12.3 Å². The van der Waals surface area contributed by atoms with E-state index in [4.69, 9.17) is 0 Å². The first-order valence-corrected chi connectivity index (χ1v) is 10.7. The van der Waals surface area contributed by atoms with Crippen LogP contribution in [-0.4, -0.2) is 37.0 Å². The smallest absolute Gasteiger partial charge is 0.232 e. The molecule has 1 amide bonds. The van der Waals surface area contributed by atoms with Crippen LogP contribution in [-0.2, 0) is 4.79 Å². The molecule has 3 nitrogen and oxygen atoms in total. The topological polar surface area (TPSA) is 32.3 Å². The third-order valence-corrected chi connectivity index (χ3v) is 6.07. The summed E-state index contributed by atoms with van der Waals surface area (Å²) >= 11 is 0. The molecule has 1 N–H and O–H groups in total. The first-order valence-electron chi connectivity index (χ1n) is 10.7. The van der Waals surface area contributed by atoms with Gasteiger partial charge in [0.2, 0.25) is 5.91 Å². The van der Waals surface area contributed by atoms with Gasteiger partial charge in [0.05, 0.1) is 5.41 Å². The molecule has 0 saturated carbocycles. The van der Waals surface area contributed by atoms with Gasteiger partial charge in [-0.2, -0.15) is 0 Å². The number of amides is 1. The molecule has 1 aromatic carbocycles. The summed E-state index contributed by atoms with van der Waals surface area (Å²) in [7, 11) is 0. The van der Waals surface area contributed by atoms with Gasteiger partial charge in [0.25, 0.3) is 0 Å². The van der Waals surface area contributed by atoms with Crippen LogP contribution in [0.15, 0.2) is 53.6 Å². The number of carbonyl (C=O) groups is 1. The molecule has 1 aromatic rings. The average molecular weight is 379 g/mol. The third-order valence-electron chi connectivity index (χ3n) is 6.07. The summed E-state index contributed by atoms with van der Waals surface area (Å²) in [6, 6.07) is 8.81. The largest absolute Gasteiger partial charge is 0.343 e. The van der Waals surface area contributed by atoms with Crippen LogP contribution in [0.2, 0.25) is 0 Å². The highest BCUT2D eigenvalue weighted by molar-refractivity contribution is 5.88. The standard InChI is InChI=1S/C25H34N2O/c1-5-27(6-2)24(28)25(4)14-10-20(11-15-25)23(21-12-16-26-17-13-21)22-9-7-8-19(3)18-22/h7-11,14,18,26H,5-6,12-13,15-17H2,1-4H3. The first kappa shape index (κ1) is 20.6. The second kappa shape index (κ2) is 8.91. The zero-order valence-corrected chi connectivity index (χ0v) is 17.8. The van der Waals surface area contributed by atoms with Crippen molar-refractivity contribution in [2.45, 2.75) is 47.0 Å². The summed E-state index contributed by atoms with van der Waals surface area (Å²) in [4.78, 5) is 14.9. The number of hydrogen-bond donors (Lipinski definition) is 1. The Morgan fingerprint density at radius 3 is 2.46 bits per heavy atom. The van der Waals surface area contributed by atoms with E-state index in [-0.39, 0.29) is 5.91 Å². The van der Waals surface area contributed by atoms with E-state index in [1.807, 2.05) is 4.90 Å². The Bertz CT molecular complexity index is 806. The third kappa shape index (κ3) is 4.30. The molecule has 3 heteroatoms. The highest BCUT2D eigenvalue weighted by Crippen LogP contribution is 2.38. The highest BCUT2D eigenvalue weighted by atomic mass is 16.2. The van der Waals surface area contributed by atoms with Crippen molar-refractivity contribution in [2.24, 2.45) is 5.41 Å². The number of allylic oxidation sites excluding steroid dienone is 4. The van der Waals surface area contributed by atoms with Crippen LogP contribution in [0.1, 0.15) is 51.2 Å². The molecule has 0 radical (unpaired) electrons. The zero-order chi connectivity index (χ0) is 20.1. The van der Waals surface area contributed by atoms with Crippen molar-refractivity contribution in [1.82, 2.24) is 10.2 Å². The summed E-state index contributed by atoms with van der Waals surface area (Å²) in [5.74, 6) is 0.232. The molecule has 0 bridgehead atoms. The predicted octanol–water partition coefficient (Wildman–Crippen LogP) is 4.89. The van der Waals surface area contributed by atoms with Crippen molar-refractivity contribution in [3.63, 3.8) is 0 Å². The molecule has 1 aliphatic carbocycles. The number of nitrogens with zero attached hydrogens (tertiary/aromatic N) is 1. The highest BCUT2D eigenvalue weighted by Gasteiger charge is 2.34. The van der Waals surface area contributed by atoms with Crippen LogP contribution in [0.4, 0.5) is 0 Å². The van der Waals surface area contributed by atoms with Gasteiger partial charge in [-0.3, -0.25) is 4.79 Å². The number of carbonyl (C=O) groups excluding carboxylic acids is 1. The van der Waals surface area contributed by atoms with Crippen molar-refractivity contribution in [3.8, 4) is 0 Å². The molecule has 150 valence electrons. The van der Waals surface area contributed by atoms with Gasteiger partial charge >= 0.3 is 0 Å². The molecule has 0 spiro atoms. The minimum atomic E-state index is -0.438. The van der Waals surface area contributed by atoms with Gasteiger partial charge < -0.3 is 10.2 Å². The summed E-state index contributed by atoms with van der Waals surface area (Å²) in [5, 5.41) is 3.47. The van der Waals surface area contributed by atoms with E-state index in [1.165, 1.54) is 27.8 Å². The number of piperidine rings is 1. The first-order chi connectivity index (χ1) is 13.5. The van der Waals surface area contributed by atoms with E-state index in [0.717, 1.165) is 45.4 Å². The van der Waals surface area contributed by atoms with E-state index in [2.05, 4.69) is 75.5 Å². The van der Waals surface area contributed by atoms with Crippen molar-refractivity contribution in [3.05, 3.63) is 64.8 Å². The fraction of sp³-hybridized carbons (Fsp3) is 0.480. The Kier molecular flexibility index (Phi) is 6.56. The van der Waals surface area contributed by atoms with E-state index in [1.54, 1.807) is 0 Å². The number of rotatable bonds is 5. The molecule has 28 heavy (non-hydrogen) atoms. The lowest BCUT2D eigenvalue weighted by molar-refractivity contribution is -0.138. The van der Waals surface area contributed by atoms with Crippen molar-refractivity contribution in [2.75, 3.05) is 26.2 Å². The van der Waals surface area contributed by atoms with Crippen LogP contribution in [0.25, 0.3) is 5.57 Å². The Morgan fingerprint density at radius 1 is 1.18 bits per heavy atom. The average Bonchev–Trinajstić information content (AvgIpc) is 2.71. The molecule has 1 aliphatic heterocycles. The van der Waals surface area contributed by atoms with Gasteiger partial charge in [-0.15, -0.1) is 0 Å². The number of hydrogen-bond acceptors (Lipinski definition) is 2. The Labute approximate surface area is 170 Å².